The number of hydrogen-bond acceptors (Lipinski definition) is 4. The van der Waals surface area contributed by atoms with Crippen LogP contribution in [-0.2, 0) is 25.0 Å². The molecule has 33 heavy (non-hydrogen) atoms. The van der Waals surface area contributed by atoms with Gasteiger partial charge in [-0.15, -0.1) is 0 Å². The number of likely N-dealkylation sites (tertiary alicyclic amines) is 1. The van der Waals surface area contributed by atoms with E-state index in [1.807, 2.05) is 30.0 Å². The van der Waals surface area contributed by atoms with Gasteiger partial charge in [0.25, 0.3) is 10.0 Å². The molecule has 2 aliphatic rings. The third-order valence-corrected chi connectivity index (χ3v) is 8.09. The van der Waals surface area contributed by atoms with Crippen molar-refractivity contribution in [3.8, 4) is 0 Å². The Hall–Kier alpha value is -2.87. The predicted molar refractivity (Wildman–Crippen MR) is 128 cm³/mol. The van der Waals surface area contributed by atoms with Gasteiger partial charge in [-0.2, -0.15) is 0 Å². The number of nitrogens with zero attached hydrogens (tertiary/aromatic N) is 1. The zero-order chi connectivity index (χ0) is 23.6. The van der Waals surface area contributed by atoms with Gasteiger partial charge in [-0.05, 0) is 74.4 Å². The number of amides is 2. The van der Waals surface area contributed by atoms with Crippen LogP contribution in [0.15, 0.2) is 47.4 Å². The molecule has 1 saturated carbocycles. The maximum atomic E-state index is 12.9. The number of rotatable bonds is 9. The summed E-state index contributed by atoms with van der Waals surface area (Å²) in [6.07, 6.45) is 3.85. The van der Waals surface area contributed by atoms with Gasteiger partial charge in [0.05, 0.1) is 10.3 Å². The minimum atomic E-state index is -3.70. The fourth-order valence-corrected chi connectivity index (χ4v) is 5.81. The molecule has 0 atom stereocenters. The van der Waals surface area contributed by atoms with Gasteiger partial charge in [-0.1, -0.05) is 24.3 Å². The van der Waals surface area contributed by atoms with E-state index in [2.05, 4.69) is 10.0 Å². The topological polar surface area (TPSA) is 95.6 Å². The molecule has 2 N–H and O–H groups in total. The lowest BCUT2D eigenvalue weighted by Crippen LogP contribution is -2.36. The van der Waals surface area contributed by atoms with Crippen LogP contribution in [0, 0.1) is 13.8 Å². The van der Waals surface area contributed by atoms with E-state index in [4.69, 9.17) is 0 Å². The lowest BCUT2D eigenvalue weighted by Gasteiger charge is -2.18. The van der Waals surface area contributed by atoms with Gasteiger partial charge in [0.15, 0.2) is 0 Å². The van der Waals surface area contributed by atoms with Crippen LogP contribution in [-0.4, -0.2) is 44.8 Å². The van der Waals surface area contributed by atoms with Crippen molar-refractivity contribution in [3.63, 3.8) is 0 Å². The van der Waals surface area contributed by atoms with E-state index in [1.165, 1.54) is 0 Å². The van der Waals surface area contributed by atoms with E-state index in [0.29, 0.717) is 30.8 Å². The summed E-state index contributed by atoms with van der Waals surface area (Å²) in [7, 11) is -3.70. The zero-order valence-corrected chi connectivity index (χ0v) is 20.0. The lowest BCUT2D eigenvalue weighted by molar-refractivity contribution is -0.127. The fraction of sp³-hybridized carbons (Fsp3) is 0.440. The maximum absolute atomic E-state index is 12.9. The normalized spacial score (nSPS) is 17.2. The zero-order valence-electron chi connectivity index (χ0n) is 19.2. The number of carbonyl (C=O) groups is 2. The van der Waals surface area contributed by atoms with Crippen molar-refractivity contribution in [2.45, 2.75) is 56.3 Å². The molecule has 1 saturated heterocycles. The summed E-state index contributed by atoms with van der Waals surface area (Å²) in [5.41, 5.74) is 2.39. The number of anilines is 1. The van der Waals surface area contributed by atoms with Crippen molar-refractivity contribution in [2.24, 2.45) is 0 Å². The first-order valence-electron chi connectivity index (χ1n) is 11.5. The molecule has 2 amide bonds. The third kappa shape index (κ3) is 5.05. The summed E-state index contributed by atoms with van der Waals surface area (Å²) in [4.78, 5) is 26.7. The van der Waals surface area contributed by atoms with Crippen LogP contribution in [0.1, 0.15) is 48.8 Å². The van der Waals surface area contributed by atoms with Crippen molar-refractivity contribution < 1.29 is 18.0 Å². The molecule has 8 heteroatoms. The molecule has 0 bridgehead atoms. The summed E-state index contributed by atoms with van der Waals surface area (Å²) in [5.74, 6) is 0.201. The Morgan fingerprint density at radius 2 is 1.82 bits per heavy atom. The Morgan fingerprint density at radius 3 is 2.45 bits per heavy atom. The van der Waals surface area contributed by atoms with Crippen molar-refractivity contribution in [3.05, 3.63) is 59.2 Å². The Morgan fingerprint density at radius 1 is 1.09 bits per heavy atom. The molecule has 1 aliphatic carbocycles. The summed E-state index contributed by atoms with van der Waals surface area (Å²) >= 11 is 0. The summed E-state index contributed by atoms with van der Waals surface area (Å²) in [5, 5.41) is 3.02. The highest BCUT2D eigenvalue weighted by molar-refractivity contribution is 7.92. The first-order valence-corrected chi connectivity index (χ1v) is 13.0. The number of benzene rings is 2. The Bertz CT molecular complexity index is 1150. The quantitative estimate of drug-likeness (QED) is 0.551. The number of hydrogen-bond donors (Lipinski definition) is 2. The van der Waals surface area contributed by atoms with Gasteiger partial charge in [-0.3, -0.25) is 14.3 Å². The van der Waals surface area contributed by atoms with Crippen LogP contribution in [0.5, 0.6) is 0 Å². The fourth-order valence-electron chi connectivity index (χ4n) is 4.42. The van der Waals surface area contributed by atoms with Crippen molar-refractivity contribution in [1.82, 2.24) is 10.2 Å². The molecule has 1 heterocycles. The van der Waals surface area contributed by atoms with Gasteiger partial charge in [0.1, 0.15) is 0 Å². The van der Waals surface area contributed by atoms with Gasteiger partial charge in [0, 0.05) is 31.7 Å². The van der Waals surface area contributed by atoms with E-state index in [-0.39, 0.29) is 16.7 Å². The third-order valence-electron chi connectivity index (χ3n) is 6.57. The Kier molecular flexibility index (Phi) is 6.47. The van der Waals surface area contributed by atoms with Crippen molar-refractivity contribution >= 4 is 27.5 Å². The van der Waals surface area contributed by atoms with Gasteiger partial charge >= 0.3 is 0 Å². The molecular weight excluding hydrogens is 438 g/mol. The predicted octanol–water partition coefficient (Wildman–Crippen LogP) is 3.26. The van der Waals surface area contributed by atoms with Crippen LogP contribution in [0.25, 0.3) is 0 Å². The van der Waals surface area contributed by atoms with Gasteiger partial charge < -0.3 is 10.2 Å². The molecule has 0 unspecified atom stereocenters. The second-order valence-corrected chi connectivity index (χ2v) is 10.8. The molecule has 4 rings (SSSR count). The molecule has 0 spiro atoms. The largest absolute Gasteiger partial charge is 0.355 e. The molecule has 7 nitrogen and oxygen atoms in total. The SMILES string of the molecule is Cc1ccc(C)c(S(=O)(=O)Nc2ccc(C3(C(=O)NCCCN4CCCC4=O)CC3)cc2)c1. The molecule has 0 aromatic heterocycles. The molecule has 1 aliphatic heterocycles. The number of carbonyl (C=O) groups excluding carboxylic acids is 2. The Labute approximate surface area is 195 Å². The molecular formula is C25H31N3O4S. The minimum absolute atomic E-state index is 0.000959. The van der Waals surface area contributed by atoms with Crippen LogP contribution in [0.4, 0.5) is 5.69 Å². The monoisotopic (exact) mass is 469 g/mol. The molecule has 2 fully saturated rings. The van der Waals surface area contributed by atoms with Crippen molar-refractivity contribution in [1.29, 1.82) is 0 Å². The molecule has 2 aromatic carbocycles. The van der Waals surface area contributed by atoms with E-state index in [9.17, 15) is 18.0 Å². The Balaban J connectivity index is 1.35. The highest BCUT2D eigenvalue weighted by Gasteiger charge is 2.51. The molecule has 0 radical (unpaired) electrons. The van der Waals surface area contributed by atoms with Gasteiger partial charge in [0.2, 0.25) is 11.8 Å². The second-order valence-electron chi connectivity index (χ2n) is 9.13. The van der Waals surface area contributed by atoms with Crippen LogP contribution in [0.2, 0.25) is 0 Å². The van der Waals surface area contributed by atoms with Gasteiger partial charge in [-0.25, -0.2) is 8.42 Å². The second kappa shape index (κ2) is 9.17. The van der Waals surface area contributed by atoms with Crippen LogP contribution in [0.3, 0.4) is 0 Å². The highest BCUT2D eigenvalue weighted by atomic mass is 32.2. The first-order chi connectivity index (χ1) is 15.7. The van der Waals surface area contributed by atoms with Crippen LogP contribution >= 0.6 is 0 Å². The average Bonchev–Trinajstić information content (AvgIpc) is 3.49. The minimum Gasteiger partial charge on any atom is -0.355 e. The van der Waals surface area contributed by atoms with E-state index in [1.54, 1.807) is 31.2 Å². The number of sulfonamides is 1. The standard InChI is InChI=1S/C25H31N3O4S/c1-18-6-7-19(2)22(17-18)33(31,32)27-21-10-8-20(9-11-21)25(12-13-25)24(30)26-14-4-16-28-15-3-5-23(28)29/h6-11,17,27H,3-5,12-16H2,1-2H3,(H,26,30). The van der Waals surface area contributed by atoms with E-state index in [0.717, 1.165) is 43.4 Å². The van der Waals surface area contributed by atoms with Crippen LogP contribution < -0.4 is 10.0 Å². The maximum Gasteiger partial charge on any atom is 0.262 e. The first kappa shape index (κ1) is 23.3. The highest BCUT2D eigenvalue weighted by Crippen LogP contribution is 2.48. The smallest absolute Gasteiger partial charge is 0.262 e. The number of aryl methyl sites for hydroxylation is 2. The van der Waals surface area contributed by atoms with Crippen molar-refractivity contribution in [2.75, 3.05) is 24.4 Å². The summed E-state index contributed by atoms with van der Waals surface area (Å²) in [6.45, 7) is 5.67. The number of nitrogens with one attached hydrogen (secondary N) is 2. The van der Waals surface area contributed by atoms with E-state index < -0.39 is 15.4 Å². The average molecular weight is 470 g/mol. The summed E-state index contributed by atoms with van der Waals surface area (Å²) < 4.78 is 28.3. The molecule has 2 aromatic rings. The summed E-state index contributed by atoms with van der Waals surface area (Å²) in [6, 6.07) is 12.4. The lowest BCUT2D eigenvalue weighted by atomic mass is 9.95. The van der Waals surface area contributed by atoms with E-state index >= 15 is 0 Å². The molecule has 176 valence electrons.